The molecule has 0 radical (unpaired) electrons. The molecule has 3 aromatic carbocycles. The number of aryl methyl sites for hydroxylation is 1. The van der Waals surface area contributed by atoms with E-state index >= 15 is 0 Å². The lowest BCUT2D eigenvalue weighted by Crippen LogP contribution is -2.48. The number of carbonyl (C=O) groups is 3. The standard InChI is InChI=1S/C36H38F3N5O4S/c1-23-22-49-32(41-23)21-43(2)35(48)27-16-26(17-29(18-27)44-13-7-12-33(44)46)34(47)42-30(15-24-8-4-3-5-9-24)31(45)20-40-19-25-10-6-11-28(14-25)36(37,38)39/h3-6,8-11,14,16-18,22,30-31,40,45H,7,12-13,15,19-21H2,1-2H3,(H,42,47)/t30-,31+/m0/s1. The van der Waals surface area contributed by atoms with Crippen LogP contribution in [0.4, 0.5) is 18.9 Å². The number of aromatic nitrogens is 1. The fraction of sp³-hybridized carbons (Fsp3) is 0.333. The zero-order valence-corrected chi connectivity index (χ0v) is 28.0. The van der Waals surface area contributed by atoms with Gasteiger partial charge in [0.2, 0.25) is 5.91 Å². The number of benzene rings is 3. The average Bonchev–Trinajstić information content (AvgIpc) is 3.70. The van der Waals surface area contributed by atoms with E-state index < -0.39 is 29.8 Å². The first-order valence-electron chi connectivity index (χ1n) is 15.9. The number of aliphatic hydroxyl groups is 1. The van der Waals surface area contributed by atoms with Crippen molar-refractivity contribution < 1.29 is 32.7 Å². The molecule has 2 heterocycles. The van der Waals surface area contributed by atoms with Gasteiger partial charge < -0.3 is 25.5 Å². The molecule has 4 aromatic rings. The molecule has 1 aliphatic heterocycles. The topological polar surface area (TPSA) is 115 Å². The summed E-state index contributed by atoms with van der Waals surface area (Å²) in [7, 11) is 1.64. The number of hydrogen-bond donors (Lipinski definition) is 3. The van der Waals surface area contributed by atoms with Crippen molar-refractivity contribution in [2.75, 3.05) is 25.0 Å². The lowest BCUT2D eigenvalue weighted by molar-refractivity contribution is -0.137. The summed E-state index contributed by atoms with van der Waals surface area (Å²) in [4.78, 5) is 47.7. The maximum Gasteiger partial charge on any atom is 0.416 e. The van der Waals surface area contributed by atoms with Crippen molar-refractivity contribution in [3.05, 3.63) is 117 Å². The summed E-state index contributed by atoms with van der Waals surface area (Å²) in [6.45, 7) is 2.64. The van der Waals surface area contributed by atoms with Crippen LogP contribution in [0.25, 0.3) is 0 Å². The smallest absolute Gasteiger partial charge is 0.390 e. The molecule has 0 unspecified atom stereocenters. The minimum Gasteiger partial charge on any atom is -0.390 e. The third-order valence-corrected chi connectivity index (χ3v) is 9.17. The second kappa shape index (κ2) is 15.7. The second-order valence-electron chi connectivity index (χ2n) is 12.1. The van der Waals surface area contributed by atoms with Gasteiger partial charge in [-0.15, -0.1) is 11.3 Å². The molecule has 1 fully saturated rings. The van der Waals surface area contributed by atoms with Crippen molar-refractivity contribution in [1.29, 1.82) is 0 Å². The van der Waals surface area contributed by atoms with Crippen molar-refractivity contribution in [3.8, 4) is 0 Å². The van der Waals surface area contributed by atoms with Crippen LogP contribution in [0.5, 0.6) is 0 Å². The largest absolute Gasteiger partial charge is 0.416 e. The van der Waals surface area contributed by atoms with Gasteiger partial charge in [-0.3, -0.25) is 14.4 Å². The highest BCUT2D eigenvalue weighted by Crippen LogP contribution is 2.30. The van der Waals surface area contributed by atoms with Crippen molar-refractivity contribution in [2.45, 2.75) is 57.6 Å². The van der Waals surface area contributed by atoms with Gasteiger partial charge in [0, 0.05) is 61.0 Å². The van der Waals surface area contributed by atoms with E-state index in [9.17, 15) is 32.7 Å². The Kier molecular flexibility index (Phi) is 11.5. The lowest BCUT2D eigenvalue weighted by Gasteiger charge is -2.26. The number of alkyl halides is 3. The van der Waals surface area contributed by atoms with Gasteiger partial charge in [0.05, 0.1) is 24.3 Å². The molecule has 49 heavy (non-hydrogen) atoms. The van der Waals surface area contributed by atoms with Crippen molar-refractivity contribution >= 4 is 34.7 Å². The number of amides is 3. The summed E-state index contributed by atoms with van der Waals surface area (Å²) in [6.07, 6.45) is -4.33. The Hall–Kier alpha value is -4.59. The monoisotopic (exact) mass is 693 g/mol. The van der Waals surface area contributed by atoms with Crippen LogP contribution in [-0.4, -0.2) is 65.0 Å². The van der Waals surface area contributed by atoms with E-state index in [2.05, 4.69) is 15.6 Å². The molecule has 3 amide bonds. The molecule has 9 nitrogen and oxygen atoms in total. The van der Waals surface area contributed by atoms with Crippen LogP contribution in [0.3, 0.4) is 0 Å². The number of halogens is 3. The SMILES string of the molecule is Cc1csc(CN(C)C(=O)c2cc(C(=O)N[C@@H](Cc3ccccc3)[C@H](O)CNCc3cccc(C(F)(F)F)c3)cc(N3CCCC3=O)c2)n1. The maximum absolute atomic E-state index is 13.9. The second-order valence-corrected chi connectivity index (χ2v) is 13.1. The zero-order valence-electron chi connectivity index (χ0n) is 27.2. The van der Waals surface area contributed by atoms with Gasteiger partial charge in [0.25, 0.3) is 11.8 Å². The molecule has 0 saturated carbocycles. The van der Waals surface area contributed by atoms with Crippen molar-refractivity contribution in [1.82, 2.24) is 20.5 Å². The lowest BCUT2D eigenvalue weighted by atomic mass is 9.99. The van der Waals surface area contributed by atoms with E-state index in [-0.39, 0.29) is 49.0 Å². The molecular weight excluding hydrogens is 655 g/mol. The van der Waals surface area contributed by atoms with Gasteiger partial charge in [-0.2, -0.15) is 13.2 Å². The van der Waals surface area contributed by atoms with Gasteiger partial charge >= 0.3 is 6.18 Å². The molecule has 1 aliphatic rings. The third-order valence-electron chi connectivity index (χ3n) is 8.21. The van der Waals surface area contributed by atoms with Crippen molar-refractivity contribution in [2.24, 2.45) is 0 Å². The quantitative estimate of drug-likeness (QED) is 0.174. The van der Waals surface area contributed by atoms with Gasteiger partial charge in [-0.05, 0) is 55.2 Å². The molecular formula is C36H38F3N5O4S. The van der Waals surface area contributed by atoms with E-state index in [0.717, 1.165) is 28.4 Å². The number of hydrogen-bond acceptors (Lipinski definition) is 7. The fourth-order valence-electron chi connectivity index (χ4n) is 5.68. The van der Waals surface area contributed by atoms with Crippen LogP contribution < -0.4 is 15.5 Å². The molecule has 0 aliphatic carbocycles. The maximum atomic E-state index is 13.9. The molecule has 1 aromatic heterocycles. The predicted octanol–water partition coefficient (Wildman–Crippen LogP) is 5.36. The van der Waals surface area contributed by atoms with Crippen LogP contribution in [0, 0.1) is 6.92 Å². The summed E-state index contributed by atoms with van der Waals surface area (Å²) >= 11 is 1.44. The Balaban J connectivity index is 1.36. The van der Waals surface area contributed by atoms with Crippen LogP contribution in [0.15, 0.2) is 78.2 Å². The number of nitrogens with zero attached hydrogens (tertiary/aromatic N) is 3. The molecule has 2 atom stereocenters. The van der Waals surface area contributed by atoms with E-state index in [4.69, 9.17) is 0 Å². The number of thiazole rings is 1. The minimum atomic E-state index is -4.47. The Labute approximate surface area is 286 Å². The average molecular weight is 694 g/mol. The van der Waals surface area contributed by atoms with Crippen LogP contribution in [0.1, 0.15) is 60.9 Å². The number of carbonyl (C=O) groups excluding carboxylic acids is 3. The molecule has 5 rings (SSSR count). The van der Waals surface area contributed by atoms with E-state index in [0.29, 0.717) is 30.6 Å². The van der Waals surface area contributed by atoms with Gasteiger partial charge in [-0.1, -0.05) is 48.5 Å². The number of rotatable bonds is 13. The predicted molar refractivity (Wildman–Crippen MR) is 181 cm³/mol. The van der Waals surface area contributed by atoms with E-state index in [1.165, 1.54) is 28.4 Å². The van der Waals surface area contributed by atoms with Gasteiger partial charge in [0.1, 0.15) is 5.01 Å². The number of anilines is 1. The van der Waals surface area contributed by atoms with Crippen LogP contribution in [-0.2, 0) is 30.5 Å². The summed E-state index contributed by atoms with van der Waals surface area (Å²) in [5.74, 6) is -1.01. The first-order valence-corrected chi connectivity index (χ1v) is 16.8. The molecule has 258 valence electrons. The van der Waals surface area contributed by atoms with Gasteiger partial charge in [-0.25, -0.2) is 4.98 Å². The van der Waals surface area contributed by atoms with E-state index in [1.807, 2.05) is 42.6 Å². The number of aliphatic hydroxyl groups excluding tert-OH is 1. The highest BCUT2D eigenvalue weighted by molar-refractivity contribution is 7.09. The Morgan fingerprint density at radius 1 is 1.04 bits per heavy atom. The summed E-state index contributed by atoms with van der Waals surface area (Å²) in [6, 6.07) is 18.0. The highest BCUT2D eigenvalue weighted by atomic mass is 32.1. The zero-order chi connectivity index (χ0) is 35.1. The number of nitrogens with one attached hydrogen (secondary N) is 2. The molecule has 0 bridgehead atoms. The van der Waals surface area contributed by atoms with Gasteiger partial charge in [0.15, 0.2) is 0 Å². The third kappa shape index (κ3) is 9.52. The van der Waals surface area contributed by atoms with E-state index in [1.54, 1.807) is 30.1 Å². The highest BCUT2D eigenvalue weighted by Gasteiger charge is 2.31. The first-order chi connectivity index (χ1) is 23.4. The molecule has 3 N–H and O–H groups in total. The van der Waals surface area contributed by atoms with Crippen molar-refractivity contribution in [3.63, 3.8) is 0 Å². The molecule has 13 heteroatoms. The summed E-state index contributed by atoms with van der Waals surface area (Å²) in [5, 5.41) is 19.8. The minimum absolute atomic E-state index is 0.0267. The Bertz CT molecular complexity index is 1780. The normalized spacial score (nSPS) is 14.5. The molecule has 1 saturated heterocycles. The van der Waals surface area contributed by atoms with Crippen LogP contribution in [0.2, 0.25) is 0 Å². The fourth-order valence-corrected chi connectivity index (χ4v) is 6.50. The Morgan fingerprint density at radius 3 is 2.45 bits per heavy atom. The Morgan fingerprint density at radius 2 is 1.78 bits per heavy atom. The van der Waals surface area contributed by atoms with Crippen LogP contribution >= 0.6 is 11.3 Å². The first kappa shape index (κ1) is 35.7. The summed E-state index contributed by atoms with van der Waals surface area (Å²) < 4.78 is 39.5. The molecule has 0 spiro atoms. The summed E-state index contributed by atoms with van der Waals surface area (Å²) in [5.41, 5.74) is 2.12.